The van der Waals surface area contributed by atoms with Crippen LogP contribution >= 0.6 is 0 Å². The van der Waals surface area contributed by atoms with Gasteiger partial charge in [0, 0.05) is 45.6 Å². The average Bonchev–Trinajstić information content (AvgIpc) is 2.46. The van der Waals surface area contributed by atoms with Gasteiger partial charge in [-0.15, -0.1) is 0 Å². The molecule has 0 aromatic rings. The molecule has 1 heterocycles. The molecule has 0 N–H and O–H groups in total. The van der Waals surface area contributed by atoms with Gasteiger partial charge in [-0.2, -0.15) is 0 Å². The van der Waals surface area contributed by atoms with Crippen molar-refractivity contribution in [2.24, 2.45) is 5.92 Å². The van der Waals surface area contributed by atoms with Gasteiger partial charge in [-0.25, -0.2) is 0 Å². The van der Waals surface area contributed by atoms with Gasteiger partial charge in [-0.05, 0) is 25.7 Å². The zero-order valence-electron chi connectivity index (χ0n) is 13.1. The minimum atomic E-state index is 0.532. The fourth-order valence-corrected chi connectivity index (χ4v) is 2.20. The maximum Gasteiger partial charge on any atom is 0.0516 e. The predicted octanol–water partition coefficient (Wildman–Crippen LogP) is 3.04. The number of ether oxygens (including phenoxy) is 4. The van der Waals surface area contributed by atoms with Gasteiger partial charge >= 0.3 is 0 Å². The van der Waals surface area contributed by atoms with Crippen LogP contribution in [0.4, 0.5) is 0 Å². The topological polar surface area (TPSA) is 36.9 Å². The lowest BCUT2D eigenvalue weighted by atomic mass is 10.0. The lowest BCUT2D eigenvalue weighted by Crippen LogP contribution is -2.18. The fraction of sp³-hybridized carbons (Fsp3) is 1.00. The highest BCUT2D eigenvalue weighted by atomic mass is 16.5. The van der Waals surface area contributed by atoms with Gasteiger partial charge in [0.15, 0.2) is 0 Å². The molecule has 1 rings (SSSR count). The summed E-state index contributed by atoms with van der Waals surface area (Å²) in [6.45, 7) is 8.59. The van der Waals surface area contributed by atoms with Crippen LogP contribution in [-0.4, -0.2) is 52.9 Å². The van der Waals surface area contributed by atoms with Gasteiger partial charge < -0.3 is 18.9 Å². The van der Waals surface area contributed by atoms with E-state index in [4.69, 9.17) is 18.9 Å². The summed E-state index contributed by atoms with van der Waals surface area (Å²) in [6.07, 6.45) is 6.61. The molecule has 0 atom stereocenters. The molecular weight excluding hydrogens is 256 g/mol. The van der Waals surface area contributed by atoms with E-state index in [1.54, 1.807) is 0 Å². The largest absolute Gasteiger partial charge is 0.381 e. The first-order valence-electron chi connectivity index (χ1n) is 8.24. The van der Waals surface area contributed by atoms with E-state index in [2.05, 4.69) is 6.92 Å². The first-order chi connectivity index (χ1) is 9.93. The van der Waals surface area contributed by atoms with Gasteiger partial charge in [0.1, 0.15) is 0 Å². The summed E-state index contributed by atoms with van der Waals surface area (Å²) >= 11 is 0. The second kappa shape index (κ2) is 13.8. The van der Waals surface area contributed by atoms with Crippen LogP contribution in [0.2, 0.25) is 0 Å². The molecule has 0 amide bonds. The second-order valence-corrected chi connectivity index (χ2v) is 5.44. The van der Waals surface area contributed by atoms with Gasteiger partial charge in [-0.3, -0.25) is 0 Å². The number of rotatable bonds is 3. The summed E-state index contributed by atoms with van der Waals surface area (Å²) in [4.78, 5) is 0. The molecule has 4 heteroatoms. The Balaban J connectivity index is 2.20. The van der Waals surface area contributed by atoms with Crippen LogP contribution in [0.15, 0.2) is 0 Å². The van der Waals surface area contributed by atoms with Crippen molar-refractivity contribution in [2.45, 2.75) is 45.4 Å². The molecule has 0 spiro atoms. The van der Waals surface area contributed by atoms with E-state index >= 15 is 0 Å². The molecule has 0 unspecified atom stereocenters. The van der Waals surface area contributed by atoms with Crippen molar-refractivity contribution in [3.63, 3.8) is 0 Å². The van der Waals surface area contributed by atoms with Crippen molar-refractivity contribution in [1.82, 2.24) is 0 Å². The van der Waals surface area contributed by atoms with E-state index in [1.807, 2.05) is 0 Å². The Labute approximate surface area is 124 Å². The summed E-state index contributed by atoms with van der Waals surface area (Å²) in [5.74, 6) is 0.532. The summed E-state index contributed by atoms with van der Waals surface area (Å²) in [5.41, 5.74) is 0. The normalized spacial score (nSPS) is 22.6. The second-order valence-electron chi connectivity index (χ2n) is 5.44. The molecule has 1 saturated heterocycles. The Morgan fingerprint density at radius 2 is 1.15 bits per heavy atom. The maximum atomic E-state index is 5.76. The van der Waals surface area contributed by atoms with Crippen LogP contribution in [0.25, 0.3) is 0 Å². The standard InChI is InChI=1S/C16H32O4/c1-2-3-7-16-14-19-12-5-10-17-8-4-9-18-11-6-13-20-15-16/h16H,2-15H2,1H3. The molecule has 4 nitrogen and oxygen atoms in total. The number of hydrogen-bond donors (Lipinski definition) is 0. The highest BCUT2D eigenvalue weighted by molar-refractivity contribution is 4.58. The smallest absolute Gasteiger partial charge is 0.0516 e. The minimum Gasteiger partial charge on any atom is -0.381 e. The van der Waals surface area contributed by atoms with Gasteiger partial charge in [0.25, 0.3) is 0 Å². The van der Waals surface area contributed by atoms with Crippen LogP contribution in [0.5, 0.6) is 0 Å². The first-order valence-corrected chi connectivity index (χ1v) is 8.24. The highest BCUT2D eigenvalue weighted by Crippen LogP contribution is 2.10. The van der Waals surface area contributed by atoms with Crippen molar-refractivity contribution in [3.05, 3.63) is 0 Å². The quantitative estimate of drug-likeness (QED) is 0.800. The predicted molar refractivity (Wildman–Crippen MR) is 80.1 cm³/mol. The molecule has 0 aromatic carbocycles. The zero-order valence-corrected chi connectivity index (χ0v) is 13.1. The van der Waals surface area contributed by atoms with Crippen molar-refractivity contribution >= 4 is 0 Å². The van der Waals surface area contributed by atoms with Crippen molar-refractivity contribution in [3.8, 4) is 0 Å². The summed E-state index contributed by atoms with van der Waals surface area (Å²) in [5, 5.41) is 0. The van der Waals surface area contributed by atoms with Gasteiger partial charge in [0.2, 0.25) is 0 Å². The van der Waals surface area contributed by atoms with Crippen molar-refractivity contribution in [2.75, 3.05) is 52.9 Å². The molecule has 120 valence electrons. The first kappa shape index (κ1) is 17.9. The molecule has 1 aliphatic heterocycles. The molecule has 0 aromatic heterocycles. The van der Waals surface area contributed by atoms with E-state index in [9.17, 15) is 0 Å². The van der Waals surface area contributed by atoms with Gasteiger partial charge in [0.05, 0.1) is 13.2 Å². The third-order valence-corrected chi connectivity index (χ3v) is 3.41. The van der Waals surface area contributed by atoms with Gasteiger partial charge in [-0.1, -0.05) is 19.8 Å². The van der Waals surface area contributed by atoms with Crippen molar-refractivity contribution in [1.29, 1.82) is 0 Å². The Morgan fingerprint density at radius 3 is 1.60 bits per heavy atom. The Bertz CT molecular complexity index is 183. The van der Waals surface area contributed by atoms with E-state index in [0.717, 1.165) is 72.1 Å². The molecule has 0 bridgehead atoms. The monoisotopic (exact) mass is 288 g/mol. The van der Waals surface area contributed by atoms with Crippen LogP contribution in [0.3, 0.4) is 0 Å². The van der Waals surface area contributed by atoms with Crippen molar-refractivity contribution < 1.29 is 18.9 Å². The van der Waals surface area contributed by atoms with E-state index in [-0.39, 0.29) is 0 Å². The lowest BCUT2D eigenvalue weighted by Gasteiger charge is -2.17. The molecule has 1 aliphatic rings. The lowest BCUT2D eigenvalue weighted by molar-refractivity contribution is 0.0112. The molecule has 0 radical (unpaired) electrons. The van der Waals surface area contributed by atoms with Crippen LogP contribution in [0, 0.1) is 5.92 Å². The SMILES string of the molecule is CCCCC1COCCCOCCCOCCCOC1. The number of hydrogen-bond acceptors (Lipinski definition) is 4. The minimum absolute atomic E-state index is 0.532. The summed E-state index contributed by atoms with van der Waals surface area (Å²) in [6, 6.07) is 0. The Kier molecular flexibility index (Phi) is 12.3. The Morgan fingerprint density at radius 1 is 0.700 bits per heavy atom. The van der Waals surface area contributed by atoms with E-state index in [1.165, 1.54) is 19.3 Å². The summed E-state index contributed by atoms with van der Waals surface area (Å²) < 4.78 is 22.6. The maximum absolute atomic E-state index is 5.76. The average molecular weight is 288 g/mol. The summed E-state index contributed by atoms with van der Waals surface area (Å²) in [7, 11) is 0. The molecule has 0 saturated carbocycles. The fourth-order valence-electron chi connectivity index (χ4n) is 2.20. The number of unbranched alkanes of at least 4 members (excludes halogenated alkanes) is 1. The molecule has 20 heavy (non-hydrogen) atoms. The van der Waals surface area contributed by atoms with Crippen LogP contribution < -0.4 is 0 Å². The van der Waals surface area contributed by atoms with Crippen LogP contribution in [0.1, 0.15) is 45.4 Å². The third kappa shape index (κ3) is 10.6. The van der Waals surface area contributed by atoms with E-state index in [0.29, 0.717) is 5.92 Å². The third-order valence-electron chi connectivity index (χ3n) is 3.41. The zero-order chi connectivity index (χ0) is 14.3. The molecule has 1 fully saturated rings. The highest BCUT2D eigenvalue weighted by Gasteiger charge is 2.09. The molecular formula is C16H32O4. The van der Waals surface area contributed by atoms with Crippen LogP contribution in [-0.2, 0) is 18.9 Å². The Hall–Kier alpha value is -0.160. The van der Waals surface area contributed by atoms with E-state index < -0.39 is 0 Å². The molecule has 0 aliphatic carbocycles.